The van der Waals surface area contributed by atoms with Crippen molar-refractivity contribution in [1.82, 2.24) is 9.97 Å². The van der Waals surface area contributed by atoms with E-state index in [1.165, 1.54) is 6.20 Å². The number of rotatable bonds is 3. The van der Waals surface area contributed by atoms with Crippen molar-refractivity contribution >= 4 is 5.82 Å². The third-order valence-corrected chi connectivity index (χ3v) is 2.57. The van der Waals surface area contributed by atoms with Gasteiger partial charge in [-0.2, -0.15) is 5.26 Å². The second kappa shape index (κ2) is 4.24. The van der Waals surface area contributed by atoms with Crippen molar-refractivity contribution in [1.29, 1.82) is 5.26 Å². The molecule has 0 bridgehead atoms. The number of hydrogen-bond donors (Lipinski definition) is 1. The summed E-state index contributed by atoms with van der Waals surface area (Å²) in [5.74, 6) is 0.569. The third kappa shape index (κ3) is 2.05. The summed E-state index contributed by atoms with van der Waals surface area (Å²) in [6, 6.07) is 2.35. The molecule has 0 aliphatic heterocycles. The van der Waals surface area contributed by atoms with Crippen molar-refractivity contribution in [3.05, 3.63) is 18.1 Å². The number of ether oxygens (including phenoxy) is 1. The molecule has 0 unspecified atom stereocenters. The van der Waals surface area contributed by atoms with Crippen LogP contribution in [0.3, 0.4) is 0 Å². The van der Waals surface area contributed by atoms with Crippen molar-refractivity contribution in [3.63, 3.8) is 0 Å². The second-order valence-electron chi connectivity index (χ2n) is 3.54. The van der Waals surface area contributed by atoms with E-state index in [2.05, 4.69) is 15.3 Å². The fourth-order valence-corrected chi connectivity index (χ4v) is 1.59. The van der Waals surface area contributed by atoms with E-state index in [1.807, 2.05) is 6.07 Å². The second-order valence-corrected chi connectivity index (χ2v) is 3.54. The molecule has 0 atom stereocenters. The molecule has 0 aromatic carbocycles. The molecule has 0 amide bonds. The molecule has 1 fully saturated rings. The molecule has 78 valence electrons. The van der Waals surface area contributed by atoms with E-state index in [-0.39, 0.29) is 0 Å². The van der Waals surface area contributed by atoms with Gasteiger partial charge in [-0.1, -0.05) is 0 Å². The molecule has 1 aromatic heterocycles. The summed E-state index contributed by atoms with van der Waals surface area (Å²) >= 11 is 0. The first-order valence-electron chi connectivity index (χ1n) is 4.84. The Kier molecular flexibility index (Phi) is 2.79. The number of nitriles is 1. The molecule has 1 aliphatic carbocycles. The van der Waals surface area contributed by atoms with Crippen LogP contribution >= 0.6 is 0 Å². The lowest BCUT2D eigenvalue weighted by Crippen LogP contribution is -2.40. The van der Waals surface area contributed by atoms with Crippen LogP contribution < -0.4 is 5.32 Å². The third-order valence-electron chi connectivity index (χ3n) is 2.57. The Hall–Kier alpha value is -1.67. The fraction of sp³-hybridized carbons (Fsp3) is 0.500. The predicted molar refractivity (Wildman–Crippen MR) is 54.2 cm³/mol. The van der Waals surface area contributed by atoms with Gasteiger partial charge in [-0.15, -0.1) is 0 Å². The van der Waals surface area contributed by atoms with Crippen LogP contribution in [0.4, 0.5) is 5.82 Å². The van der Waals surface area contributed by atoms with Crippen LogP contribution in [0, 0.1) is 11.3 Å². The first-order valence-corrected chi connectivity index (χ1v) is 4.84. The van der Waals surface area contributed by atoms with Gasteiger partial charge in [-0.3, -0.25) is 0 Å². The largest absolute Gasteiger partial charge is 0.381 e. The maximum absolute atomic E-state index is 8.80. The van der Waals surface area contributed by atoms with Crippen LogP contribution in [0.15, 0.2) is 12.4 Å². The van der Waals surface area contributed by atoms with Crippen molar-refractivity contribution < 1.29 is 4.74 Å². The molecule has 1 heterocycles. The van der Waals surface area contributed by atoms with Crippen LogP contribution in [0.1, 0.15) is 18.5 Å². The number of aromatic nitrogens is 2. The van der Waals surface area contributed by atoms with Crippen molar-refractivity contribution in [3.8, 4) is 6.07 Å². The van der Waals surface area contributed by atoms with E-state index < -0.39 is 0 Å². The summed E-state index contributed by atoms with van der Waals surface area (Å²) in [7, 11) is 1.71. The summed E-state index contributed by atoms with van der Waals surface area (Å²) in [5, 5.41) is 12.0. The highest BCUT2D eigenvalue weighted by atomic mass is 16.5. The zero-order valence-electron chi connectivity index (χ0n) is 8.47. The van der Waals surface area contributed by atoms with Gasteiger partial charge in [0, 0.05) is 25.5 Å². The van der Waals surface area contributed by atoms with E-state index in [4.69, 9.17) is 10.00 Å². The minimum atomic E-state index is 0.338. The van der Waals surface area contributed by atoms with Gasteiger partial charge in [0.25, 0.3) is 0 Å². The van der Waals surface area contributed by atoms with Gasteiger partial charge in [0.05, 0.1) is 6.10 Å². The van der Waals surface area contributed by atoms with Gasteiger partial charge >= 0.3 is 0 Å². The van der Waals surface area contributed by atoms with Gasteiger partial charge in [0.1, 0.15) is 6.07 Å². The van der Waals surface area contributed by atoms with Crippen molar-refractivity contribution in [2.24, 2.45) is 0 Å². The van der Waals surface area contributed by atoms with Gasteiger partial charge in [0.2, 0.25) is 0 Å². The van der Waals surface area contributed by atoms with Gasteiger partial charge < -0.3 is 10.1 Å². The molecule has 1 aromatic rings. The van der Waals surface area contributed by atoms with E-state index in [0.717, 1.165) is 12.8 Å². The van der Waals surface area contributed by atoms with Gasteiger partial charge in [-0.05, 0) is 12.8 Å². The maximum atomic E-state index is 8.80. The summed E-state index contributed by atoms with van der Waals surface area (Å²) in [5.41, 5.74) is 0.346. The molecular weight excluding hydrogens is 192 g/mol. The Morgan fingerprint density at radius 2 is 2.20 bits per heavy atom. The van der Waals surface area contributed by atoms with Gasteiger partial charge in [0.15, 0.2) is 11.5 Å². The highest BCUT2D eigenvalue weighted by molar-refractivity contribution is 5.47. The smallest absolute Gasteiger partial charge is 0.182 e. The van der Waals surface area contributed by atoms with E-state index >= 15 is 0 Å². The lowest BCUT2D eigenvalue weighted by atomic mass is 9.89. The van der Waals surface area contributed by atoms with Crippen LogP contribution in [0.25, 0.3) is 0 Å². The molecule has 1 saturated carbocycles. The maximum Gasteiger partial charge on any atom is 0.182 e. The Bertz CT molecular complexity index is 381. The molecule has 5 nitrogen and oxygen atoms in total. The van der Waals surface area contributed by atoms with Crippen LogP contribution in [-0.4, -0.2) is 29.2 Å². The highest BCUT2D eigenvalue weighted by Gasteiger charge is 2.29. The summed E-state index contributed by atoms with van der Waals surface area (Å²) in [6.07, 6.45) is 5.35. The Balaban J connectivity index is 1.97. The number of hydrogen-bond acceptors (Lipinski definition) is 5. The van der Waals surface area contributed by atoms with Crippen LogP contribution in [0.5, 0.6) is 0 Å². The Labute approximate surface area is 88.1 Å². The van der Waals surface area contributed by atoms with Gasteiger partial charge in [-0.25, -0.2) is 9.97 Å². The molecule has 5 heteroatoms. The minimum absolute atomic E-state index is 0.338. The standard InChI is InChI=1S/C10H12N4O/c1-15-8-4-7(5-8)14-10-9(6-11)12-2-3-13-10/h2-3,7-8H,4-5H2,1H3,(H,13,14). The van der Waals surface area contributed by atoms with E-state index in [0.29, 0.717) is 23.7 Å². The summed E-state index contributed by atoms with van der Waals surface area (Å²) in [4.78, 5) is 8.02. The molecule has 0 saturated heterocycles. The minimum Gasteiger partial charge on any atom is -0.381 e. The lowest BCUT2D eigenvalue weighted by molar-refractivity contribution is 0.0328. The van der Waals surface area contributed by atoms with E-state index in [1.54, 1.807) is 13.3 Å². The highest BCUT2D eigenvalue weighted by Crippen LogP contribution is 2.26. The monoisotopic (exact) mass is 204 g/mol. The summed E-state index contributed by atoms with van der Waals surface area (Å²) < 4.78 is 5.17. The predicted octanol–water partition coefficient (Wildman–Crippen LogP) is 0.938. The SMILES string of the molecule is COC1CC(Nc2nccnc2C#N)C1. The number of nitrogens with zero attached hydrogens (tertiary/aromatic N) is 3. The number of anilines is 1. The molecule has 1 aliphatic rings. The molecule has 0 spiro atoms. The molecule has 1 N–H and O–H groups in total. The normalized spacial score (nSPS) is 24.0. The molecular formula is C10H12N4O. The zero-order valence-corrected chi connectivity index (χ0v) is 8.47. The zero-order chi connectivity index (χ0) is 10.7. The van der Waals surface area contributed by atoms with Crippen LogP contribution in [-0.2, 0) is 4.74 Å². The first-order chi connectivity index (χ1) is 7.33. The van der Waals surface area contributed by atoms with Crippen LogP contribution in [0.2, 0.25) is 0 Å². The number of nitrogens with one attached hydrogen (secondary N) is 1. The number of methoxy groups -OCH3 is 1. The molecule has 2 rings (SSSR count). The van der Waals surface area contributed by atoms with Crippen molar-refractivity contribution in [2.45, 2.75) is 25.0 Å². The topological polar surface area (TPSA) is 70.8 Å². The average molecular weight is 204 g/mol. The molecule has 0 radical (unpaired) electrons. The average Bonchev–Trinajstić information content (AvgIpc) is 2.23. The fourth-order valence-electron chi connectivity index (χ4n) is 1.59. The summed E-state index contributed by atoms with van der Waals surface area (Å²) in [6.45, 7) is 0. The Morgan fingerprint density at radius 3 is 2.87 bits per heavy atom. The first kappa shape index (κ1) is 9.87. The lowest BCUT2D eigenvalue weighted by Gasteiger charge is -2.34. The Morgan fingerprint density at radius 1 is 1.47 bits per heavy atom. The van der Waals surface area contributed by atoms with E-state index in [9.17, 15) is 0 Å². The van der Waals surface area contributed by atoms with Crippen molar-refractivity contribution in [2.75, 3.05) is 12.4 Å². The quantitative estimate of drug-likeness (QED) is 0.793. The molecule has 15 heavy (non-hydrogen) atoms.